The summed E-state index contributed by atoms with van der Waals surface area (Å²) in [7, 11) is 3.22. The Bertz CT molecular complexity index is 395. The van der Waals surface area contributed by atoms with Gasteiger partial charge < -0.3 is 9.64 Å². The summed E-state index contributed by atoms with van der Waals surface area (Å²) >= 11 is 3.37. The molecule has 18 heavy (non-hydrogen) atoms. The van der Waals surface area contributed by atoms with E-state index in [4.69, 9.17) is 4.74 Å². The Balaban J connectivity index is 2.61. The van der Waals surface area contributed by atoms with Crippen molar-refractivity contribution in [3.63, 3.8) is 0 Å². The number of methoxy groups -OCH3 is 1. The van der Waals surface area contributed by atoms with Crippen LogP contribution in [0.3, 0.4) is 0 Å². The highest BCUT2D eigenvalue weighted by molar-refractivity contribution is 9.10. The first-order chi connectivity index (χ1) is 8.31. The minimum absolute atomic E-state index is 0.0207. The predicted octanol–water partition coefficient (Wildman–Crippen LogP) is 3.84. The van der Waals surface area contributed by atoms with Crippen LogP contribution in [0.1, 0.15) is 12.0 Å². The molecule has 0 aliphatic rings. The topological polar surface area (TPSA) is 12.5 Å². The molecule has 0 aliphatic heterocycles. The van der Waals surface area contributed by atoms with Gasteiger partial charge in [-0.1, -0.05) is 15.9 Å². The molecule has 0 bridgehead atoms. The molecular weight excluding hydrogens is 311 g/mol. The summed E-state index contributed by atoms with van der Waals surface area (Å²) in [6.07, 6.45) is -4.91. The van der Waals surface area contributed by atoms with E-state index in [0.717, 1.165) is 10.0 Å². The zero-order chi connectivity index (χ0) is 13.8. The van der Waals surface area contributed by atoms with Crippen LogP contribution in [0, 0.1) is 0 Å². The molecule has 1 aromatic carbocycles. The van der Waals surface area contributed by atoms with Gasteiger partial charge in [0.1, 0.15) is 5.75 Å². The molecule has 1 aromatic rings. The smallest absolute Gasteiger partial charge is 0.390 e. The fourth-order valence-electron chi connectivity index (χ4n) is 1.49. The van der Waals surface area contributed by atoms with Crippen molar-refractivity contribution in [2.75, 3.05) is 20.7 Å². The number of benzene rings is 1. The van der Waals surface area contributed by atoms with Crippen LogP contribution in [0.5, 0.6) is 5.75 Å². The van der Waals surface area contributed by atoms with E-state index in [-0.39, 0.29) is 6.54 Å². The average Bonchev–Trinajstić information content (AvgIpc) is 2.28. The van der Waals surface area contributed by atoms with Crippen molar-refractivity contribution in [3.8, 4) is 5.75 Å². The van der Waals surface area contributed by atoms with E-state index in [2.05, 4.69) is 15.9 Å². The lowest BCUT2D eigenvalue weighted by Crippen LogP contribution is -2.24. The SMILES string of the molecule is COc1ccc(Br)c(CN(C)CCC(F)(F)F)c1. The summed E-state index contributed by atoms with van der Waals surface area (Å²) in [6, 6.07) is 5.43. The zero-order valence-corrected chi connectivity index (χ0v) is 11.8. The van der Waals surface area contributed by atoms with Gasteiger partial charge in [-0.25, -0.2) is 0 Å². The second-order valence-electron chi connectivity index (χ2n) is 4.06. The van der Waals surface area contributed by atoms with E-state index < -0.39 is 12.6 Å². The molecule has 0 saturated heterocycles. The zero-order valence-electron chi connectivity index (χ0n) is 10.2. The Morgan fingerprint density at radius 3 is 2.56 bits per heavy atom. The highest BCUT2D eigenvalue weighted by Crippen LogP contribution is 2.24. The number of nitrogens with zero attached hydrogens (tertiary/aromatic N) is 1. The largest absolute Gasteiger partial charge is 0.497 e. The van der Waals surface area contributed by atoms with Gasteiger partial charge in [0, 0.05) is 17.6 Å². The Kier molecular flexibility index (Phi) is 5.47. The van der Waals surface area contributed by atoms with Crippen molar-refractivity contribution in [3.05, 3.63) is 28.2 Å². The van der Waals surface area contributed by atoms with Crippen LogP contribution in [-0.2, 0) is 6.54 Å². The molecule has 0 N–H and O–H groups in total. The molecule has 0 amide bonds. The Morgan fingerprint density at radius 1 is 1.33 bits per heavy atom. The highest BCUT2D eigenvalue weighted by Gasteiger charge is 2.27. The van der Waals surface area contributed by atoms with Crippen LogP contribution in [0.4, 0.5) is 13.2 Å². The molecular formula is C12H15BrF3NO. The minimum atomic E-state index is -4.11. The molecule has 0 radical (unpaired) electrons. The lowest BCUT2D eigenvalue weighted by Gasteiger charge is -2.18. The van der Waals surface area contributed by atoms with Gasteiger partial charge >= 0.3 is 6.18 Å². The van der Waals surface area contributed by atoms with E-state index in [1.165, 1.54) is 0 Å². The molecule has 0 unspecified atom stereocenters. The van der Waals surface area contributed by atoms with Crippen LogP contribution in [0.25, 0.3) is 0 Å². The van der Waals surface area contributed by atoms with Crippen LogP contribution >= 0.6 is 15.9 Å². The second-order valence-corrected chi connectivity index (χ2v) is 4.91. The van der Waals surface area contributed by atoms with E-state index in [0.29, 0.717) is 12.3 Å². The van der Waals surface area contributed by atoms with Crippen molar-refractivity contribution < 1.29 is 17.9 Å². The highest BCUT2D eigenvalue weighted by atomic mass is 79.9. The first kappa shape index (κ1) is 15.3. The molecule has 6 heteroatoms. The lowest BCUT2D eigenvalue weighted by molar-refractivity contribution is -0.137. The summed E-state index contributed by atoms with van der Waals surface area (Å²) in [5.41, 5.74) is 0.902. The van der Waals surface area contributed by atoms with Gasteiger partial charge in [-0.15, -0.1) is 0 Å². The Hall–Kier alpha value is -0.750. The fraction of sp³-hybridized carbons (Fsp3) is 0.500. The standard InChI is InChI=1S/C12H15BrF3NO/c1-17(6-5-12(14,15)16)8-9-7-10(18-2)3-4-11(9)13/h3-4,7H,5-6,8H2,1-2H3. The molecule has 1 rings (SSSR count). The third kappa shape index (κ3) is 5.27. The van der Waals surface area contributed by atoms with Gasteiger partial charge in [-0.3, -0.25) is 0 Å². The molecule has 0 heterocycles. The number of rotatable bonds is 5. The number of ether oxygens (including phenoxy) is 1. The van der Waals surface area contributed by atoms with E-state index in [9.17, 15) is 13.2 Å². The molecule has 0 aliphatic carbocycles. The fourth-order valence-corrected chi connectivity index (χ4v) is 1.86. The monoisotopic (exact) mass is 325 g/mol. The summed E-state index contributed by atoms with van der Waals surface area (Å²) in [5, 5.41) is 0. The number of hydrogen-bond donors (Lipinski definition) is 0. The molecule has 0 aromatic heterocycles. The second kappa shape index (κ2) is 6.43. The van der Waals surface area contributed by atoms with Gasteiger partial charge in [0.05, 0.1) is 13.5 Å². The van der Waals surface area contributed by atoms with Crippen molar-refractivity contribution in [2.45, 2.75) is 19.1 Å². The van der Waals surface area contributed by atoms with Gasteiger partial charge in [0.2, 0.25) is 0 Å². The van der Waals surface area contributed by atoms with Crippen molar-refractivity contribution in [2.24, 2.45) is 0 Å². The summed E-state index contributed by atoms with van der Waals surface area (Å²) in [4.78, 5) is 1.63. The Labute approximate surface area is 113 Å². The summed E-state index contributed by atoms with van der Waals surface area (Å²) < 4.78 is 42.2. The van der Waals surface area contributed by atoms with Gasteiger partial charge in [-0.2, -0.15) is 13.2 Å². The number of halogens is 4. The Morgan fingerprint density at radius 2 is 2.00 bits per heavy atom. The van der Waals surface area contributed by atoms with Gasteiger partial charge in [0.25, 0.3) is 0 Å². The molecule has 0 atom stereocenters. The van der Waals surface area contributed by atoms with Crippen LogP contribution in [-0.4, -0.2) is 31.8 Å². The lowest BCUT2D eigenvalue weighted by atomic mass is 10.2. The molecule has 2 nitrogen and oxygen atoms in total. The first-order valence-corrected chi connectivity index (χ1v) is 6.19. The van der Waals surface area contributed by atoms with Crippen LogP contribution in [0.2, 0.25) is 0 Å². The van der Waals surface area contributed by atoms with Crippen molar-refractivity contribution in [1.29, 1.82) is 0 Å². The molecule has 0 saturated carbocycles. The van der Waals surface area contributed by atoms with Gasteiger partial charge in [0.15, 0.2) is 0 Å². The van der Waals surface area contributed by atoms with Crippen LogP contribution < -0.4 is 4.74 Å². The summed E-state index contributed by atoms with van der Waals surface area (Å²) in [6.45, 7) is 0.418. The number of hydrogen-bond acceptors (Lipinski definition) is 2. The summed E-state index contributed by atoms with van der Waals surface area (Å²) in [5.74, 6) is 0.692. The van der Waals surface area contributed by atoms with E-state index in [1.807, 2.05) is 12.1 Å². The maximum Gasteiger partial charge on any atom is 0.390 e. The predicted molar refractivity (Wildman–Crippen MR) is 67.7 cm³/mol. The van der Waals surface area contributed by atoms with Crippen molar-refractivity contribution >= 4 is 15.9 Å². The maximum absolute atomic E-state index is 12.1. The third-order valence-electron chi connectivity index (χ3n) is 2.47. The van der Waals surface area contributed by atoms with E-state index in [1.54, 1.807) is 25.1 Å². The molecule has 0 spiro atoms. The van der Waals surface area contributed by atoms with Crippen LogP contribution in [0.15, 0.2) is 22.7 Å². The van der Waals surface area contributed by atoms with Gasteiger partial charge in [-0.05, 0) is 30.8 Å². The normalized spacial score (nSPS) is 11.9. The number of alkyl halides is 3. The van der Waals surface area contributed by atoms with Crippen molar-refractivity contribution in [1.82, 2.24) is 4.90 Å². The third-order valence-corrected chi connectivity index (χ3v) is 3.24. The maximum atomic E-state index is 12.1. The molecule has 0 fully saturated rings. The molecule has 102 valence electrons. The quantitative estimate of drug-likeness (QED) is 0.815. The minimum Gasteiger partial charge on any atom is -0.497 e. The first-order valence-electron chi connectivity index (χ1n) is 5.39. The average molecular weight is 326 g/mol. The van der Waals surface area contributed by atoms with E-state index >= 15 is 0 Å².